The molecule has 3 fully saturated rings. The Kier molecular flexibility index (Phi) is 4.96. The van der Waals surface area contributed by atoms with E-state index >= 15 is 0 Å². The summed E-state index contributed by atoms with van der Waals surface area (Å²) in [6, 6.07) is 4.96. The summed E-state index contributed by atoms with van der Waals surface area (Å²) in [6.07, 6.45) is 5.03. The van der Waals surface area contributed by atoms with Crippen molar-refractivity contribution in [1.29, 1.82) is 0 Å². The maximum absolute atomic E-state index is 6.16. The third kappa shape index (κ3) is 3.55. The summed E-state index contributed by atoms with van der Waals surface area (Å²) in [5.74, 6) is 1.47. The van der Waals surface area contributed by atoms with Gasteiger partial charge in [0.25, 0.3) is 0 Å². The molecular formula is C18H28N4O2. The van der Waals surface area contributed by atoms with Gasteiger partial charge in [-0.1, -0.05) is 0 Å². The molecule has 1 aromatic heterocycles. The minimum atomic E-state index is 0.281. The SMILES string of the molecule is Cc1ccc(N[C@@H]2CN(C3CCOCC3)C[C@@H]3CCCO[C@@H]32)nn1. The molecular weight excluding hydrogens is 304 g/mol. The topological polar surface area (TPSA) is 59.5 Å². The number of aromatic nitrogens is 2. The van der Waals surface area contributed by atoms with E-state index < -0.39 is 0 Å². The summed E-state index contributed by atoms with van der Waals surface area (Å²) in [7, 11) is 0. The third-order valence-corrected chi connectivity index (χ3v) is 5.63. The van der Waals surface area contributed by atoms with E-state index in [-0.39, 0.29) is 12.1 Å². The van der Waals surface area contributed by atoms with Crippen LogP contribution in [0.2, 0.25) is 0 Å². The van der Waals surface area contributed by atoms with Crippen molar-refractivity contribution in [2.24, 2.45) is 5.92 Å². The summed E-state index contributed by atoms with van der Waals surface area (Å²) in [5, 5.41) is 12.1. The molecule has 6 heteroatoms. The Balaban J connectivity index is 1.49. The van der Waals surface area contributed by atoms with Crippen LogP contribution in [-0.4, -0.2) is 66.2 Å². The number of aryl methyl sites for hydroxylation is 1. The highest BCUT2D eigenvalue weighted by Crippen LogP contribution is 2.32. The van der Waals surface area contributed by atoms with Gasteiger partial charge in [-0.25, -0.2) is 0 Å². The lowest BCUT2D eigenvalue weighted by Gasteiger charge is -2.49. The molecule has 0 aliphatic carbocycles. The predicted molar refractivity (Wildman–Crippen MR) is 92.1 cm³/mol. The number of fused-ring (bicyclic) bond motifs is 1. The molecule has 1 N–H and O–H groups in total. The Bertz CT molecular complexity index is 532. The predicted octanol–water partition coefficient (Wildman–Crippen LogP) is 1.86. The van der Waals surface area contributed by atoms with Crippen LogP contribution in [0.3, 0.4) is 0 Å². The smallest absolute Gasteiger partial charge is 0.149 e. The van der Waals surface area contributed by atoms with Gasteiger partial charge in [0, 0.05) is 39.0 Å². The first-order valence-electron chi connectivity index (χ1n) is 9.30. The van der Waals surface area contributed by atoms with Crippen LogP contribution >= 0.6 is 0 Å². The molecule has 0 unspecified atom stereocenters. The van der Waals surface area contributed by atoms with E-state index in [1.807, 2.05) is 19.1 Å². The average Bonchev–Trinajstić information content (AvgIpc) is 2.64. The number of piperidine rings is 1. The van der Waals surface area contributed by atoms with E-state index in [0.29, 0.717) is 12.0 Å². The number of likely N-dealkylation sites (tertiary alicyclic amines) is 1. The summed E-state index contributed by atoms with van der Waals surface area (Å²) in [4.78, 5) is 2.66. The molecule has 0 bridgehead atoms. The van der Waals surface area contributed by atoms with Crippen molar-refractivity contribution in [1.82, 2.24) is 15.1 Å². The van der Waals surface area contributed by atoms with E-state index in [1.165, 1.54) is 12.8 Å². The quantitative estimate of drug-likeness (QED) is 0.912. The number of ether oxygens (including phenoxy) is 2. The molecule has 0 spiro atoms. The maximum Gasteiger partial charge on any atom is 0.149 e. The van der Waals surface area contributed by atoms with E-state index in [9.17, 15) is 0 Å². The highest BCUT2D eigenvalue weighted by atomic mass is 16.5. The Morgan fingerprint density at radius 1 is 1.08 bits per heavy atom. The normalized spacial score (nSPS) is 32.3. The van der Waals surface area contributed by atoms with Gasteiger partial charge >= 0.3 is 0 Å². The summed E-state index contributed by atoms with van der Waals surface area (Å²) >= 11 is 0. The van der Waals surface area contributed by atoms with Crippen LogP contribution in [0.5, 0.6) is 0 Å². The highest BCUT2D eigenvalue weighted by molar-refractivity contribution is 5.35. The highest BCUT2D eigenvalue weighted by Gasteiger charge is 2.41. The van der Waals surface area contributed by atoms with Crippen molar-refractivity contribution in [3.8, 4) is 0 Å². The van der Waals surface area contributed by atoms with Crippen molar-refractivity contribution in [3.05, 3.63) is 17.8 Å². The fraction of sp³-hybridized carbons (Fsp3) is 0.778. The zero-order valence-corrected chi connectivity index (χ0v) is 14.5. The first-order chi connectivity index (χ1) is 11.8. The fourth-order valence-corrected chi connectivity index (χ4v) is 4.38. The van der Waals surface area contributed by atoms with Gasteiger partial charge < -0.3 is 14.8 Å². The lowest BCUT2D eigenvalue weighted by molar-refractivity contribution is -0.0884. The molecule has 4 heterocycles. The van der Waals surface area contributed by atoms with Crippen molar-refractivity contribution in [2.45, 2.75) is 50.8 Å². The minimum absolute atomic E-state index is 0.281. The van der Waals surface area contributed by atoms with E-state index in [4.69, 9.17) is 9.47 Å². The summed E-state index contributed by atoms with van der Waals surface area (Å²) in [5.41, 5.74) is 0.944. The number of hydrogen-bond acceptors (Lipinski definition) is 6. The molecule has 3 atom stereocenters. The van der Waals surface area contributed by atoms with Crippen molar-refractivity contribution in [2.75, 3.05) is 38.2 Å². The second-order valence-corrected chi connectivity index (χ2v) is 7.35. The van der Waals surface area contributed by atoms with Crippen molar-refractivity contribution in [3.63, 3.8) is 0 Å². The lowest BCUT2D eigenvalue weighted by atomic mass is 9.84. The molecule has 0 radical (unpaired) electrons. The van der Waals surface area contributed by atoms with E-state index in [2.05, 4.69) is 20.4 Å². The second kappa shape index (κ2) is 7.33. The summed E-state index contributed by atoms with van der Waals surface area (Å²) < 4.78 is 11.7. The van der Waals surface area contributed by atoms with Crippen LogP contribution in [-0.2, 0) is 9.47 Å². The molecule has 3 saturated heterocycles. The molecule has 4 rings (SSSR count). The second-order valence-electron chi connectivity index (χ2n) is 7.35. The molecule has 1 aromatic rings. The van der Waals surface area contributed by atoms with Crippen LogP contribution < -0.4 is 5.32 Å². The van der Waals surface area contributed by atoms with E-state index in [1.54, 1.807) is 0 Å². The van der Waals surface area contributed by atoms with Crippen LogP contribution in [0.1, 0.15) is 31.4 Å². The van der Waals surface area contributed by atoms with Gasteiger partial charge in [0.15, 0.2) is 0 Å². The van der Waals surface area contributed by atoms with Gasteiger partial charge in [0.2, 0.25) is 0 Å². The van der Waals surface area contributed by atoms with Crippen LogP contribution in [0.25, 0.3) is 0 Å². The largest absolute Gasteiger partial charge is 0.381 e. The Labute approximate surface area is 143 Å². The molecule has 3 aliphatic rings. The number of nitrogens with one attached hydrogen (secondary N) is 1. The van der Waals surface area contributed by atoms with Crippen molar-refractivity contribution < 1.29 is 9.47 Å². The Hall–Kier alpha value is -1.24. The van der Waals surface area contributed by atoms with Gasteiger partial charge in [-0.3, -0.25) is 4.90 Å². The first-order valence-corrected chi connectivity index (χ1v) is 9.30. The number of hydrogen-bond donors (Lipinski definition) is 1. The minimum Gasteiger partial charge on any atom is -0.381 e. The Morgan fingerprint density at radius 2 is 1.96 bits per heavy atom. The van der Waals surface area contributed by atoms with Gasteiger partial charge in [0.1, 0.15) is 5.82 Å². The molecule has 24 heavy (non-hydrogen) atoms. The molecule has 0 amide bonds. The number of anilines is 1. The van der Waals surface area contributed by atoms with Gasteiger partial charge in [-0.05, 0) is 50.7 Å². The molecule has 3 aliphatic heterocycles. The summed E-state index contributed by atoms with van der Waals surface area (Å²) in [6.45, 7) is 6.82. The van der Waals surface area contributed by atoms with Crippen molar-refractivity contribution >= 4 is 5.82 Å². The van der Waals surface area contributed by atoms with Crippen LogP contribution in [0.4, 0.5) is 5.82 Å². The number of nitrogens with zero attached hydrogens (tertiary/aromatic N) is 3. The maximum atomic E-state index is 6.16. The van der Waals surface area contributed by atoms with E-state index in [0.717, 1.165) is 57.3 Å². The first kappa shape index (κ1) is 16.2. The molecule has 0 saturated carbocycles. The third-order valence-electron chi connectivity index (χ3n) is 5.63. The zero-order chi connectivity index (χ0) is 16.4. The van der Waals surface area contributed by atoms with Gasteiger partial charge in [-0.15, -0.1) is 5.10 Å². The molecule has 6 nitrogen and oxygen atoms in total. The van der Waals surface area contributed by atoms with Crippen LogP contribution in [0.15, 0.2) is 12.1 Å². The standard InChI is InChI=1S/C18H28N4O2/c1-13-4-5-17(21-20-13)19-16-12-22(15-6-9-23-10-7-15)11-14-3-2-8-24-18(14)16/h4-5,14-16,18H,2-3,6-12H2,1H3,(H,19,21)/t14-,16+,18-/m0/s1. The molecule has 0 aromatic carbocycles. The molecule has 132 valence electrons. The Morgan fingerprint density at radius 3 is 2.75 bits per heavy atom. The lowest BCUT2D eigenvalue weighted by Crippen LogP contribution is -2.60. The fourth-order valence-electron chi connectivity index (χ4n) is 4.38. The number of rotatable bonds is 3. The van der Waals surface area contributed by atoms with Gasteiger partial charge in [-0.2, -0.15) is 5.10 Å². The average molecular weight is 332 g/mol. The van der Waals surface area contributed by atoms with Crippen LogP contribution in [0, 0.1) is 12.8 Å². The van der Waals surface area contributed by atoms with Gasteiger partial charge in [0.05, 0.1) is 17.8 Å². The monoisotopic (exact) mass is 332 g/mol. The zero-order valence-electron chi connectivity index (χ0n) is 14.5.